The molecule has 0 heterocycles. The highest BCUT2D eigenvalue weighted by molar-refractivity contribution is 7.94. The highest BCUT2D eigenvalue weighted by atomic mass is 32.2. The van der Waals surface area contributed by atoms with Gasteiger partial charge in [0.2, 0.25) is 0 Å². The van der Waals surface area contributed by atoms with Crippen LogP contribution in [0.1, 0.15) is 19.8 Å². The number of benzene rings is 2. The van der Waals surface area contributed by atoms with Gasteiger partial charge >= 0.3 is 0 Å². The van der Waals surface area contributed by atoms with Gasteiger partial charge in [-0.15, -0.1) is 0 Å². The van der Waals surface area contributed by atoms with Crippen LogP contribution >= 0.6 is 0 Å². The molecule has 0 bridgehead atoms. The molecule has 1 atom stereocenters. The van der Waals surface area contributed by atoms with E-state index in [0.29, 0.717) is 17.7 Å². The molecule has 0 saturated carbocycles. The minimum atomic E-state index is -3.46. The second kappa shape index (κ2) is 9.29. The quantitative estimate of drug-likeness (QED) is 0.579. The molecule has 3 nitrogen and oxygen atoms in total. The van der Waals surface area contributed by atoms with Gasteiger partial charge in [-0.1, -0.05) is 72.9 Å². The van der Waals surface area contributed by atoms with Gasteiger partial charge in [0, 0.05) is 11.8 Å². The van der Waals surface area contributed by atoms with Gasteiger partial charge in [0.15, 0.2) is 9.84 Å². The Kier molecular flexibility index (Phi) is 7.33. The number of ketones is 1. The minimum Gasteiger partial charge on any atom is -0.300 e. The zero-order valence-corrected chi connectivity index (χ0v) is 18.1. The molecule has 0 aliphatic rings. The first-order valence-electron chi connectivity index (χ1n) is 9.24. The van der Waals surface area contributed by atoms with Crippen LogP contribution in [0.15, 0.2) is 77.0 Å². The van der Waals surface area contributed by atoms with Crippen molar-refractivity contribution in [2.24, 2.45) is 5.92 Å². The third kappa shape index (κ3) is 6.59. The monoisotopic (exact) mass is 400 g/mol. The predicted octanol–water partition coefficient (Wildman–Crippen LogP) is 4.58. The maximum absolute atomic E-state index is 12.6. The van der Waals surface area contributed by atoms with E-state index < -0.39 is 17.9 Å². The Morgan fingerprint density at radius 1 is 1.00 bits per heavy atom. The Morgan fingerprint density at radius 3 is 2.11 bits per heavy atom. The average Bonchev–Trinajstić information content (AvgIpc) is 2.65. The van der Waals surface area contributed by atoms with Crippen molar-refractivity contribution in [1.82, 2.24) is 0 Å². The zero-order valence-electron chi connectivity index (χ0n) is 16.3. The van der Waals surface area contributed by atoms with Crippen molar-refractivity contribution in [3.05, 3.63) is 72.1 Å². The van der Waals surface area contributed by atoms with Crippen LogP contribution in [0.25, 0.3) is 0 Å². The molecule has 2 rings (SSSR count). The lowest BCUT2D eigenvalue weighted by molar-refractivity contribution is -0.117. The molecule has 144 valence electrons. The first-order valence-corrected chi connectivity index (χ1v) is 14.0. The van der Waals surface area contributed by atoms with Crippen LogP contribution in [-0.2, 0) is 14.6 Å². The van der Waals surface area contributed by atoms with Gasteiger partial charge in [-0.25, -0.2) is 8.42 Å². The molecular formula is C22H28O3SSi. The topological polar surface area (TPSA) is 51.2 Å². The van der Waals surface area contributed by atoms with Crippen molar-refractivity contribution in [3.8, 4) is 0 Å². The third-order valence-corrected chi connectivity index (χ3v) is 9.68. The lowest BCUT2D eigenvalue weighted by Gasteiger charge is -2.27. The lowest BCUT2D eigenvalue weighted by Crippen LogP contribution is -2.42. The molecule has 2 aromatic carbocycles. The zero-order chi connectivity index (χ0) is 19.9. The molecule has 0 aromatic heterocycles. The number of carbonyl (C=O) groups is 1. The Hall–Kier alpha value is -1.98. The van der Waals surface area contributed by atoms with Gasteiger partial charge in [-0.05, 0) is 37.4 Å². The average molecular weight is 401 g/mol. The van der Waals surface area contributed by atoms with Gasteiger partial charge in [0.1, 0.15) is 5.78 Å². The van der Waals surface area contributed by atoms with Crippen molar-refractivity contribution in [2.75, 3.05) is 0 Å². The summed E-state index contributed by atoms with van der Waals surface area (Å²) in [6.07, 6.45) is 2.95. The SMILES string of the molecule is CC(=O)CCC(/C=C/S(=O)(=O)c1ccccc1)C[Si](C)(C)c1ccccc1. The molecular weight excluding hydrogens is 372 g/mol. The van der Waals surface area contributed by atoms with Crippen LogP contribution in [0.2, 0.25) is 19.1 Å². The van der Waals surface area contributed by atoms with E-state index in [1.165, 1.54) is 10.6 Å². The molecule has 0 saturated heterocycles. The summed E-state index contributed by atoms with van der Waals surface area (Å²) in [6.45, 7) is 6.17. The van der Waals surface area contributed by atoms with Crippen LogP contribution < -0.4 is 5.19 Å². The second-order valence-corrected chi connectivity index (χ2v) is 14.2. The van der Waals surface area contributed by atoms with Gasteiger partial charge in [0.05, 0.1) is 13.0 Å². The van der Waals surface area contributed by atoms with Crippen LogP contribution in [0, 0.1) is 5.92 Å². The fourth-order valence-electron chi connectivity index (χ4n) is 3.22. The summed E-state index contributed by atoms with van der Waals surface area (Å²) in [7, 11) is -5.21. The Labute approximate surface area is 164 Å². The first kappa shape index (κ1) is 21.3. The number of rotatable bonds is 9. The van der Waals surface area contributed by atoms with E-state index in [4.69, 9.17) is 0 Å². The molecule has 0 radical (unpaired) electrons. The molecule has 0 spiro atoms. The number of hydrogen-bond acceptors (Lipinski definition) is 3. The summed E-state index contributed by atoms with van der Waals surface area (Å²) < 4.78 is 25.1. The van der Waals surface area contributed by atoms with Crippen molar-refractivity contribution < 1.29 is 13.2 Å². The summed E-state index contributed by atoms with van der Waals surface area (Å²) in [5.74, 6) is 0.202. The van der Waals surface area contributed by atoms with Crippen molar-refractivity contribution >= 4 is 28.9 Å². The maximum atomic E-state index is 12.6. The molecule has 0 amide bonds. The van der Waals surface area contributed by atoms with E-state index in [1.807, 2.05) is 18.2 Å². The normalized spacial score (nSPS) is 13.6. The second-order valence-electron chi connectivity index (χ2n) is 7.64. The third-order valence-electron chi connectivity index (χ3n) is 4.80. The molecule has 2 aromatic rings. The smallest absolute Gasteiger partial charge is 0.199 e. The number of hydrogen-bond donors (Lipinski definition) is 0. The molecule has 5 heteroatoms. The van der Waals surface area contributed by atoms with Crippen molar-refractivity contribution in [2.45, 2.75) is 43.8 Å². The summed E-state index contributed by atoms with van der Waals surface area (Å²) in [5.41, 5.74) is 0. The van der Waals surface area contributed by atoms with E-state index >= 15 is 0 Å². The number of sulfone groups is 1. The Morgan fingerprint density at radius 2 is 1.56 bits per heavy atom. The molecule has 0 aliphatic heterocycles. The van der Waals surface area contributed by atoms with Crippen LogP contribution in [0.3, 0.4) is 0 Å². The van der Waals surface area contributed by atoms with E-state index in [1.54, 1.807) is 43.3 Å². The minimum absolute atomic E-state index is 0.0641. The van der Waals surface area contributed by atoms with E-state index in [0.717, 1.165) is 6.04 Å². The van der Waals surface area contributed by atoms with E-state index in [-0.39, 0.29) is 11.7 Å². The fraction of sp³-hybridized carbons (Fsp3) is 0.318. The van der Waals surface area contributed by atoms with Gasteiger partial charge in [0.25, 0.3) is 0 Å². The van der Waals surface area contributed by atoms with Crippen LogP contribution in [0.4, 0.5) is 0 Å². The number of Topliss-reactive ketones (excluding diaryl/α,β-unsaturated/α-hetero) is 1. The van der Waals surface area contributed by atoms with Gasteiger partial charge in [-0.2, -0.15) is 0 Å². The number of allylic oxidation sites excluding steroid dienone is 1. The number of carbonyl (C=O) groups excluding carboxylic acids is 1. The fourth-order valence-corrected chi connectivity index (χ4v) is 7.33. The van der Waals surface area contributed by atoms with Crippen molar-refractivity contribution in [1.29, 1.82) is 0 Å². The summed E-state index contributed by atoms with van der Waals surface area (Å²) >= 11 is 0. The Balaban J connectivity index is 2.22. The first-order chi connectivity index (χ1) is 12.7. The van der Waals surface area contributed by atoms with Crippen molar-refractivity contribution in [3.63, 3.8) is 0 Å². The standard InChI is InChI=1S/C22H28O3SSi/c1-19(23)14-15-20(18-27(2,3)22-12-8-5-9-13-22)16-17-26(24,25)21-10-6-4-7-11-21/h4-13,16-17,20H,14-15,18H2,1-3H3/b17-16+. The molecule has 1 unspecified atom stereocenters. The Bertz CT molecular complexity index is 872. The summed E-state index contributed by atoms with van der Waals surface area (Å²) in [6, 6.07) is 19.8. The lowest BCUT2D eigenvalue weighted by atomic mass is 10.0. The maximum Gasteiger partial charge on any atom is 0.199 e. The van der Waals surface area contributed by atoms with Gasteiger partial charge in [-0.3, -0.25) is 0 Å². The molecule has 27 heavy (non-hydrogen) atoms. The van der Waals surface area contributed by atoms with Gasteiger partial charge < -0.3 is 4.79 Å². The largest absolute Gasteiger partial charge is 0.300 e. The molecule has 0 aliphatic carbocycles. The molecule has 0 fully saturated rings. The highest BCUT2D eigenvalue weighted by Gasteiger charge is 2.27. The summed E-state index contributed by atoms with van der Waals surface area (Å²) in [5, 5.41) is 2.67. The van der Waals surface area contributed by atoms with E-state index in [2.05, 4.69) is 25.2 Å². The highest BCUT2D eigenvalue weighted by Crippen LogP contribution is 2.24. The van der Waals surface area contributed by atoms with Crippen LogP contribution in [-0.4, -0.2) is 22.3 Å². The summed E-state index contributed by atoms with van der Waals surface area (Å²) in [4.78, 5) is 11.8. The molecule has 0 N–H and O–H groups in total. The van der Waals surface area contributed by atoms with Crippen LogP contribution in [0.5, 0.6) is 0 Å². The predicted molar refractivity (Wildman–Crippen MR) is 115 cm³/mol. The van der Waals surface area contributed by atoms with E-state index in [9.17, 15) is 13.2 Å².